The lowest BCUT2D eigenvalue weighted by atomic mass is 9.72. The number of halogens is 1. The highest BCUT2D eigenvalue weighted by atomic mass is 35.5. The number of rotatable bonds is 5. The van der Waals surface area contributed by atoms with E-state index in [4.69, 9.17) is 16.3 Å². The number of aryl methyl sites for hydroxylation is 1. The quantitative estimate of drug-likeness (QED) is 0.435. The van der Waals surface area contributed by atoms with Gasteiger partial charge < -0.3 is 4.74 Å². The molecule has 4 heterocycles. The summed E-state index contributed by atoms with van der Waals surface area (Å²) < 4.78 is 6.32. The summed E-state index contributed by atoms with van der Waals surface area (Å²) in [4.78, 5) is 20.3. The number of pyridine rings is 1. The number of piperidine rings is 3. The van der Waals surface area contributed by atoms with Gasteiger partial charge in [-0.05, 0) is 80.6 Å². The van der Waals surface area contributed by atoms with Gasteiger partial charge in [0.05, 0.1) is 17.1 Å². The molecule has 3 aromatic rings. The first-order chi connectivity index (χ1) is 15.5. The van der Waals surface area contributed by atoms with Gasteiger partial charge in [-0.25, -0.2) is 4.79 Å². The third kappa shape index (κ3) is 4.02. The number of nitrogens with zero attached hydrogens (tertiary/aromatic N) is 2. The van der Waals surface area contributed by atoms with Gasteiger partial charge in [0.2, 0.25) is 0 Å². The third-order valence-electron chi connectivity index (χ3n) is 7.36. The van der Waals surface area contributed by atoms with Crippen molar-refractivity contribution < 1.29 is 9.53 Å². The maximum absolute atomic E-state index is 13.2. The molecule has 2 bridgehead atoms. The first-order valence-electron chi connectivity index (χ1n) is 11.6. The molecule has 1 aromatic heterocycles. The van der Waals surface area contributed by atoms with Crippen LogP contribution in [0.3, 0.4) is 0 Å². The van der Waals surface area contributed by atoms with Crippen LogP contribution in [0.25, 0.3) is 10.9 Å². The fourth-order valence-corrected chi connectivity index (χ4v) is 5.73. The van der Waals surface area contributed by atoms with E-state index in [9.17, 15) is 4.79 Å². The second kappa shape index (κ2) is 8.84. The molecule has 166 valence electrons. The number of hydrogen-bond acceptors (Lipinski definition) is 4. The molecule has 32 heavy (non-hydrogen) atoms. The molecule has 0 spiro atoms. The first kappa shape index (κ1) is 21.4. The highest BCUT2D eigenvalue weighted by Crippen LogP contribution is 2.44. The summed E-state index contributed by atoms with van der Waals surface area (Å²) >= 11 is 6.02. The van der Waals surface area contributed by atoms with E-state index >= 15 is 0 Å². The van der Waals surface area contributed by atoms with Crippen molar-refractivity contribution in [3.8, 4) is 0 Å². The Balaban J connectivity index is 1.55. The number of fused-ring (bicyclic) bond motifs is 4. The molecule has 3 fully saturated rings. The largest absolute Gasteiger partial charge is 0.452 e. The fraction of sp³-hybridized carbons (Fsp3) is 0.407. The molecule has 0 radical (unpaired) electrons. The Morgan fingerprint density at radius 1 is 1.22 bits per heavy atom. The number of ether oxygens (including phenoxy) is 1. The van der Waals surface area contributed by atoms with Crippen LogP contribution in [0.2, 0.25) is 5.02 Å². The van der Waals surface area contributed by atoms with Gasteiger partial charge in [-0.1, -0.05) is 36.6 Å². The summed E-state index contributed by atoms with van der Waals surface area (Å²) in [6, 6.07) is 15.4. The predicted molar refractivity (Wildman–Crippen MR) is 128 cm³/mol. The molecule has 3 saturated heterocycles. The molecule has 0 aliphatic carbocycles. The number of esters is 1. The van der Waals surface area contributed by atoms with Crippen LogP contribution < -0.4 is 0 Å². The Morgan fingerprint density at radius 3 is 2.75 bits per heavy atom. The number of benzene rings is 2. The number of hydrogen-bond donors (Lipinski definition) is 0. The second-order valence-corrected chi connectivity index (χ2v) is 9.71. The molecule has 0 amide bonds. The second-order valence-electron chi connectivity index (χ2n) is 9.27. The summed E-state index contributed by atoms with van der Waals surface area (Å²) in [7, 11) is 0. The molecule has 5 heteroatoms. The molecule has 5 atom stereocenters. The minimum Gasteiger partial charge on any atom is -0.452 e. The van der Waals surface area contributed by atoms with E-state index in [0.29, 0.717) is 16.5 Å². The van der Waals surface area contributed by atoms with E-state index in [1.165, 1.54) is 18.4 Å². The molecular weight excluding hydrogens is 420 g/mol. The van der Waals surface area contributed by atoms with Crippen LogP contribution in [-0.4, -0.2) is 35.0 Å². The molecule has 4 nitrogen and oxygen atoms in total. The van der Waals surface area contributed by atoms with E-state index in [-0.39, 0.29) is 18.1 Å². The van der Waals surface area contributed by atoms with Gasteiger partial charge in [-0.2, -0.15) is 0 Å². The number of carbonyl (C=O) groups is 1. The van der Waals surface area contributed by atoms with E-state index in [1.54, 1.807) is 24.3 Å². The van der Waals surface area contributed by atoms with E-state index in [0.717, 1.165) is 41.9 Å². The van der Waals surface area contributed by atoms with Crippen LogP contribution in [0.15, 0.2) is 54.7 Å². The van der Waals surface area contributed by atoms with Crippen molar-refractivity contribution in [1.29, 1.82) is 0 Å². The van der Waals surface area contributed by atoms with Crippen molar-refractivity contribution in [2.75, 3.05) is 13.1 Å². The third-order valence-corrected chi connectivity index (χ3v) is 7.61. The van der Waals surface area contributed by atoms with Crippen molar-refractivity contribution in [2.24, 2.45) is 11.8 Å². The minimum atomic E-state index is -0.342. The smallest absolute Gasteiger partial charge is 0.338 e. The maximum Gasteiger partial charge on any atom is 0.338 e. The molecule has 0 N–H and O–H groups in total. The SMILES string of the molecule is CCC1CN2CCC1CC2C(OC(=O)c1ccc(Cl)cc1)c1ccnc2ccc(C)cc12. The first-order valence-corrected chi connectivity index (χ1v) is 12.0. The molecule has 3 aliphatic rings. The summed E-state index contributed by atoms with van der Waals surface area (Å²) in [5, 5.41) is 1.67. The monoisotopic (exact) mass is 448 g/mol. The summed E-state index contributed by atoms with van der Waals surface area (Å²) in [6.07, 6.45) is 5.00. The van der Waals surface area contributed by atoms with Crippen molar-refractivity contribution in [1.82, 2.24) is 9.88 Å². The van der Waals surface area contributed by atoms with Crippen LogP contribution in [-0.2, 0) is 4.74 Å². The van der Waals surface area contributed by atoms with Gasteiger partial charge in [0, 0.05) is 28.7 Å². The van der Waals surface area contributed by atoms with Crippen LogP contribution in [0.1, 0.15) is 53.8 Å². The van der Waals surface area contributed by atoms with Gasteiger partial charge in [0.1, 0.15) is 6.10 Å². The van der Waals surface area contributed by atoms with E-state index in [2.05, 4.69) is 35.9 Å². The zero-order chi connectivity index (χ0) is 22.2. The lowest BCUT2D eigenvalue weighted by molar-refractivity contribution is -0.0659. The molecule has 6 rings (SSSR count). The van der Waals surface area contributed by atoms with Crippen LogP contribution in [0.4, 0.5) is 0 Å². The van der Waals surface area contributed by atoms with Gasteiger partial charge in [-0.3, -0.25) is 9.88 Å². The average molecular weight is 449 g/mol. The highest BCUT2D eigenvalue weighted by molar-refractivity contribution is 6.30. The Morgan fingerprint density at radius 2 is 2.03 bits per heavy atom. The average Bonchev–Trinajstić information content (AvgIpc) is 2.82. The number of aromatic nitrogens is 1. The highest BCUT2D eigenvalue weighted by Gasteiger charge is 2.44. The Labute approximate surface area is 194 Å². The van der Waals surface area contributed by atoms with Crippen LogP contribution in [0.5, 0.6) is 0 Å². The van der Waals surface area contributed by atoms with Gasteiger partial charge in [0.25, 0.3) is 0 Å². The van der Waals surface area contributed by atoms with Crippen molar-refractivity contribution in [2.45, 2.75) is 45.3 Å². The van der Waals surface area contributed by atoms with Crippen molar-refractivity contribution >= 4 is 28.5 Å². The maximum atomic E-state index is 13.2. The molecular formula is C27H29ClN2O2. The zero-order valence-electron chi connectivity index (χ0n) is 18.6. The molecule has 0 saturated carbocycles. The fourth-order valence-electron chi connectivity index (χ4n) is 5.61. The Kier molecular flexibility index (Phi) is 5.92. The Bertz CT molecular complexity index is 1130. The van der Waals surface area contributed by atoms with Gasteiger partial charge >= 0.3 is 5.97 Å². The predicted octanol–water partition coefficient (Wildman–Crippen LogP) is 6.22. The molecule has 3 aliphatic heterocycles. The zero-order valence-corrected chi connectivity index (χ0v) is 19.4. The van der Waals surface area contributed by atoms with Crippen LogP contribution in [0, 0.1) is 18.8 Å². The minimum absolute atomic E-state index is 0.180. The summed E-state index contributed by atoms with van der Waals surface area (Å²) in [6.45, 7) is 6.54. The standard InChI is InChI=1S/C27H29ClN2O2/c1-3-18-16-30-13-11-20(18)15-25(30)26(32-27(31)19-5-7-21(28)8-6-19)22-10-12-29-24-9-4-17(2)14-23(22)24/h4-10,12,14,18,20,25-26H,3,11,13,15-16H2,1-2H3. The lowest BCUT2D eigenvalue weighted by Crippen LogP contribution is -2.55. The van der Waals surface area contributed by atoms with Gasteiger partial charge in [0.15, 0.2) is 0 Å². The normalized spacial score (nSPS) is 25.6. The summed E-state index contributed by atoms with van der Waals surface area (Å²) in [5.74, 6) is 1.13. The topological polar surface area (TPSA) is 42.4 Å². The van der Waals surface area contributed by atoms with E-state index < -0.39 is 0 Å². The molecule has 2 aromatic carbocycles. The number of carbonyl (C=O) groups excluding carboxylic acids is 1. The van der Waals surface area contributed by atoms with Crippen molar-refractivity contribution in [3.05, 3.63) is 76.4 Å². The van der Waals surface area contributed by atoms with Crippen molar-refractivity contribution in [3.63, 3.8) is 0 Å². The lowest BCUT2D eigenvalue weighted by Gasteiger charge is -2.51. The molecule has 5 unspecified atom stereocenters. The Hall–Kier alpha value is -2.43. The van der Waals surface area contributed by atoms with Gasteiger partial charge in [-0.15, -0.1) is 0 Å². The summed E-state index contributed by atoms with van der Waals surface area (Å²) in [5.41, 5.74) is 3.68. The van der Waals surface area contributed by atoms with Crippen LogP contribution >= 0.6 is 11.6 Å². The van der Waals surface area contributed by atoms with E-state index in [1.807, 2.05) is 18.3 Å².